The van der Waals surface area contributed by atoms with Crippen molar-refractivity contribution in [1.29, 1.82) is 0 Å². The molecule has 1 aliphatic heterocycles. The van der Waals surface area contributed by atoms with Gasteiger partial charge in [0.15, 0.2) is 0 Å². The van der Waals surface area contributed by atoms with Gasteiger partial charge in [-0.2, -0.15) is 0 Å². The normalized spacial score (nSPS) is 29.9. The van der Waals surface area contributed by atoms with Gasteiger partial charge in [0, 0.05) is 31.2 Å². The maximum Gasteiger partial charge on any atom is 0.0417 e. The van der Waals surface area contributed by atoms with Gasteiger partial charge in [-0.3, -0.25) is 0 Å². The predicted molar refractivity (Wildman–Crippen MR) is 66.1 cm³/mol. The molecule has 5 nitrogen and oxygen atoms in total. The van der Waals surface area contributed by atoms with Gasteiger partial charge >= 0.3 is 0 Å². The number of nitrogens with zero attached hydrogens (tertiary/aromatic N) is 4. The Bertz CT molecular complexity index is 273. The fourth-order valence-electron chi connectivity index (χ4n) is 2.59. The zero-order chi connectivity index (χ0) is 13.0. The van der Waals surface area contributed by atoms with E-state index >= 15 is 0 Å². The van der Waals surface area contributed by atoms with Crippen molar-refractivity contribution in [3.63, 3.8) is 0 Å². The maximum absolute atomic E-state index is 8.49. The van der Waals surface area contributed by atoms with Crippen LogP contribution in [0.5, 0.6) is 0 Å². The molecule has 2 unspecified atom stereocenters. The first-order valence-corrected chi connectivity index (χ1v) is 5.51. The molecule has 0 amide bonds. The first kappa shape index (κ1) is 15.2. The Labute approximate surface area is 98.1 Å². The second-order valence-electron chi connectivity index (χ2n) is 5.35. The van der Waals surface area contributed by atoms with Crippen LogP contribution in [-0.4, -0.2) is 43.3 Å². The van der Waals surface area contributed by atoms with Gasteiger partial charge in [0.2, 0.25) is 0 Å². The summed E-state index contributed by atoms with van der Waals surface area (Å²) in [5, 5.41) is 10.9. The summed E-state index contributed by atoms with van der Waals surface area (Å²) in [7, 11) is 3.12. The Balaban J connectivity index is 0.00000106. The van der Waals surface area contributed by atoms with E-state index in [-0.39, 0.29) is 16.9 Å². The topological polar surface area (TPSA) is 72.2 Å². The second kappa shape index (κ2) is 5.53. The molecule has 1 heterocycles. The zero-order valence-corrected chi connectivity index (χ0v) is 11.2. The van der Waals surface area contributed by atoms with E-state index in [1.165, 1.54) is 0 Å². The lowest BCUT2D eigenvalue weighted by atomic mass is 9.65. The van der Waals surface area contributed by atoms with E-state index in [2.05, 4.69) is 42.7 Å². The molecule has 0 spiro atoms. The number of likely N-dealkylation sites (tertiary alicyclic amines) is 1. The van der Waals surface area contributed by atoms with E-state index in [0.29, 0.717) is 0 Å². The maximum atomic E-state index is 8.49. The molecule has 1 aliphatic rings. The van der Waals surface area contributed by atoms with Crippen LogP contribution in [0.4, 0.5) is 0 Å². The van der Waals surface area contributed by atoms with Gasteiger partial charge in [-0.1, -0.05) is 32.8 Å². The summed E-state index contributed by atoms with van der Waals surface area (Å²) in [4.78, 5) is 5.23. The summed E-state index contributed by atoms with van der Waals surface area (Å²) in [6, 6.07) is 0.0486. The first-order chi connectivity index (χ1) is 7.33. The molecule has 1 rings (SSSR count). The molecule has 1 fully saturated rings. The Morgan fingerprint density at radius 2 is 1.81 bits per heavy atom. The lowest BCUT2D eigenvalue weighted by Crippen LogP contribution is -2.41. The lowest BCUT2D eigenvalue weighted by molar-refractivity contribution is 0.127. The zero-order valence-electron chi connectivity index (χ0n) is 11.2. The van der Waals surface area contributed by atoms with Crippen LogP contribution in [0.25, 0.3) is 10.4 Å². The van der Waals surface area contributed by atoms with Crippen LogP contribution >= 0.6 is 0 Å². The number of rotatable bonds is 2. The second-order valence-corrected chi connectivity index (χ2v) is 5.35. The summed E-state index contributed by atoms with van der Waals surface area (Å²) in [6.07, 6.45) is 0. The molecule has 0 aromatic rings. The molecular weight excluding hydrogens is 204 g/mol. The Hall–Kier alpha value is -0.770. The standard InChI is InChI=1S/C10H20N4.CH4O/c1-8(12-13-11)10(4)7-14(5)6-9(10,2)3;1-2/h8H,6-7H2,1-5H3;2H,1H3. The quantitative estimate of drug-likeness (QED) is 0.447. The SMILES string of the molecule is CC(N=[N+]=[N-])C1(C)CN(C)CC1(C)C.CO. The minimum atomic E-state index is 0.0486. The number of aliphatic hydroxyl groups excluding tert-OH is 1. The number of aliphatic hydroxyl groups is 1. The fraction of sp³-hybridized carbons (Fsp3) is 1.00. The number of hydrogen-bond acceptors (Lipinski definition) is 3. The molecule has 94 valence electrons. The minimum Gasteiger partial charge on any atom is -0.400 e. The Morgan fingerprint density at radius 3 is 2.12 bits per heavy atom. The third-order valence-electron chi connectivity index (χ3n) is 3.96. The summed E-state index contributed by atoms with van der Waals surface area (Å²) < 4.78 is 0. The van der Waals surface area contributed by atoms with Crippen LogP contribution in [0.2, 0.25) is 0 Å². The third kappa shape index (κ3) is 2.67. The van der Waals surface area contributed by atoms with Crippen molar-refractivity contribution in [3.05, 3.63) is 10.4 Å². The van der Waals surface area contributed by atoms with Gasteiger partial charge in [-0.15, -0.1) is 0 Å². The van der Waals surface area contributed by atoms with Crippen molar-refractivity contribution in [2.24, 2.45) is 15.9 Å². The van der Waals surface area contributed by atoms with Crippen molar-refractivity contribution in [2.75, 3.05) is 27.2 Å². The summed E-state index contributed by atoms with van der Waals surface area (Å²) >= 11 is 0. The third-order valence-corrected chi connectivity index (χ3v) is 3.96. The van der Waals surface area contributed by atoms with Gasteiger partial charge in [0.05, 0.1) is 0 Å². The van der Waals surface area contributed by atoms with Gasteiger partial charge in [-0.05, 0) is 23.4 Å². The molecule has 5 heteroatoms. The highest BCUT2D eigenvalue weighted by Gasteiger charge is 2.50. The molecule has 2 atom stereocenters. The average Bonchev–Trinajstić information content (AvgIpc) is 2.40. The van der Waals surface area contributed by atoms with Crippen LogP contribution in [0.3, 0.4) is 0 Å². The molecule has 0 bridgehead atoms. The Morgan fingerprint density at radius 1 is 1.31 bits per heavy atom. The highest BCUT2D eigenvalue weighted by atomic mass is 16.2. The molecule has 1 saturated heterocycles. The van der Waals surface area contributed by atoms with Crippen LogP contribution in [0.1, 0.15) is 27.7 Å². The van der Waals surface area contributed by atoms with Crippen LogP contribution < -0.4 is 0 Å². The van der Waals surface area contributed by atoms with Crippen molar-refractivity contribution in [2.45, 2.75) is 33.7 Å². The largest absolute Gasteiger partial charge is 0.400 e. The molecule has 0 radical (unpaired) electrons. The monoisotopic (exact) mass is 228 g/mol. The molecule has 1 N–H and O–H groups in total. The van der Waals surface area contributed by atoms with E-state index < -0.39 is 0 Å². The lowest BCUT2D eigenvalue weighted by Gasteiger charge is -2.40. The molecule has 16 heavy (non-hydrogen) atoms. The van der Waals surface area contributed by atoms with Gasteiger partial charge < -0.3 is 10.0 Å². The van der Waals surface area contributed by atoms with E-state index in [9.17, 15) is 0 Å². The van der Waals surface area contributed by atoms with Crippen LogP contribution in [-0.2, 0) is 0 Å². The summed E-state index contributed by atoms with van der Waals surface area (Å²) in [6.45, 7) is 10.8. The highest BCUT2D eigenvalue weighted by Crippen LogP contribution is 2.48. The molecular formula is C11H24N4O. The van der Waals surface area contributed by atoms with Crippen LogP contribution in [0, 0.1) is 10.8 Å². The summed E-state index contributed by atoms with van der Waals surface area (Å²) in [5.74, 6) is 0. The molecule has 0 aromatic heterocycles. The van der Waals surface area contributed by atoms with E-state index in [0.717, 1.165) is 20.2 Å². The number of hydrogen-bond donors (Lipinski definition) is 1. The van der Waals surface area contributed by atoms with Gasteiger partial charge in [0.1, 0.15) is 0 Å². The van der Waals surface area contributed by atoms with Gasteiger partial charge in [0.25, 0.3) is 0 Å². The summed E-state index contributed by atoms with van der Waals surface area (Å²) in [5.41, 5.74) is 8.77. The molecule has 0 aromatic carbocycles. The van der Waals surface area contributed by atoms with Crippen LogP contribution in [0.15, 0.2) is 5.11 Å². The van der Waals surface area contributed by atoms with Gasteiger partial charge in [-0.25, -0.2) is 0 Å². The molecule has 0 aliphatic carbocycles. The number of azide groups is 1. The minimum absolute atomic E-state index is 0.0486. The predicted octanol–water partition coefficient (Wildman–Crippen LogP) is 2.27. The van der Waals surface area contributed by atoms with Crippen molar-refractivity contribution >= 4 is 0 Å². The van der Waals surface area contributed by atoms with Crippen molar-refractivity contribution in [3.8, 4) is 0 Å². The van der Waals surface area contributed by atoms with E-state index in [4.69, 9.17) is 10.6 Å². The van der Waals surface area contributed by atoms with Crippen molar-refractivity contribution < 1.29 is 5.11 Å². The average molecular weight is 228 g/mol. The van der Waals surface area contributed by atoms with Crippen molar-refractivity contribution in [1.82, 2.24) is 4.90 Å². The smallest absolute Gasteiger partial charge is 0.0417 e. The molecule has 0 saturated carbocycles. The fourth-order valence-corrected chi connectivity index (χ4v) is 2.59. The first-order valence-electron chi connectivity index (χ1n) is 5.51. The van der Waals surface area contributed by atoms with E-state index in [1.54, 1.807) is 0 Å². The van der Waals surface area contributed by atoms with E-state index in [1.807, 2.05) is 6.92 Å². The highest BCUT2D eigenvalue weighted by molar-refractivity contribution is 5.03. The Kier molecular flexibility index (Phi) is 5.26.